The lowest BCUT2D eigenvalue weighted by molar-refractivity contribution is 0.214. The molecule has 3 heterocycles. The highest BCUT2D eigenvalue weighted by Crippen LogP contribution is 2.30. The molecule has 2 saturated heterocycles. The molecule has 0 radical (unpaired) electrons. The Labute approximate surface area is 124 Å². The van der Waals surface area contributed by atoms with Crippen molar-refractivity contribution in [3.8, 4) is 0 Å². The number of aromatic nitrogens is 2. The number of aryl methyl sites for hydroxylation is 1. The van der Waals surface area contributed by atoms with E-state index in [1.165, 1.54) is 4.31 Å². The lowest BCUT2D eigenvalue weighted by Gasteiger charge is -2.37. The number of hydrogen-bond acceptors (Lipinski definition) is 6. The normalized spacial score (nSPS) is 24.5. The van der Waals surface area contributed by atoms with Crippen LogP contribution >= 0.6 is 0 Å². The van der Waals surface area contributed by atoms with E-state index in [1.807, 2.05) is 0 Å². The third-order valence-electron chi connectivity index (χ3n) is 4.31. The summed E-state index contributed by atoms with van der Waals surface area (Å²) in [6.07, 6.45) is 2.88. The van der Waals surface area contributed by atoms with Gasteiger partial charge in [-0.3, -0.25) is 0 Å². The molecule has 3 rings (SSSR count). The van der Waals surface area contributed by atoms with E-state index in [0.29, 0.717) is 50.7 Å². The summed E-state index contributed by atoms with van der Waals surface area (Å²) in [5.74, 6) is 0.945. The van der Waals surface area contributed by atoms with Gasteiger partial charge in [-0.25, -0.2) is 0 Å². The number of rotatable bonds is 3. The molecule has 0 amide bonds. The van der Waals surface area contributed by atoms with Crippen molar-refractivity contribution in [3.05, 3.63) is 11.7 Å². The zero-order chi connectivity index (χ0) is 15.1. The van der Waals surface area contributed by atoms with E-state index >= 15 is 0 Å². The average Bonchev–Trinajstić information content (AvgIpc) is 3.10. The standard InChI is InChI=1S/C12H21N5O3S/c1-10-14-11(15-20-10)12(13)4-8-17(9-5-12)21(18,19)16-6-2-3-7-16/h2-9,13H2,1H3. The Hall–Kier alpha value is -1.03. The van der Waals surface area contributed by atoms with Gasteiger partial charge < -0.3 is 10.3 Å². The summed E-state index contributed by atoms with van der Waals surface area (Å²) in [5, 5.41) is 3.89. The van der Waals surface area contributed by atoms with E-state index in [1.54, 1.807) is 11.2 Å². The molecule has 2 aliphatic rings. The Morgan fingerprint density at radius 2 is 1.71 bits per heavy atom. The van der Waals surface area contributed by atoms with Crippen LogP contribution in [0.1, 0.15) is 37.4 Å². The van der Waals surface area contributed by atoms with Gasteiger partial charge in [0.2, 0.25) is 5.89 Å². The SMILES string of the molecule is Cc1nc(C2(N)CCN(S(=O)(=O)N3CCCC3)CC2)no1. The molecule has 2 aliphatic heterocycles. The van der Waals surface area contributed by atoms with Crippen molar-refractivity contribution in [3.63, 3.8) is 0 Å². The quantitative estimate of drug-likeness (QED) is 0.839. The van der Waals surface area contributed by atoms with Crippen LogP contribution in [0.2, 0.25) is 0 Å². The Balaban J connectivity index is 1.70. The number of nitrogens with zero attached hydrogens (tertiary/aromatic N) is 4. The summed E-state index contributed by atoms with van der Waals surface area (Å²) < 4.78 is 33.1. The van der Waals surface area contributed by atoms with Crippen molar-refractivity contribution in [2.24, 2.45) is 5.73 Å². The summed E-state index contributed by atoms with van der Waals surface area (Å²) >= 11 is 0. The maximum atomic E-state index is 12.5. The monoisotopic (exact) mass is 315 g/mol. The minimum atomic E-state index is -3.34. The van der Waals surface area contributed by atoms with Crippen molar-refractivity contribution < 1.29 is 12.9 Å². The molecule has 1 aromatic heterocycles. The predicted octanol–water partition coefficient (Wildman–Crippen LogP) is -0.0316. The molecule has 0 saturated carbocycles. The molecule has 0 aliphatic carbocycles. The highest BCUT2D eigenvalue weighted by molar-refractivity contribution is 7.86. The van der Waals surface area contributed by atoms with E-state index in [2.05, 4.69) is 10.1 Å². The molecule has 0 spiro atoms. The van der Waals surface area contributed by atoms with Gasteiger partial charge in [-0.1, -0.05) is 5.16 Å². The van der Waals surface area contributed by atoms with Crippen molar-refractivity contribution in [2.45, 2.75) is 38.1 Å². The smallest absolute Gasteiger partial charge is 0.281 e. The first-order valence-corrected chi connectivity index (χ1v) is 8.66. The zero-order valence-electron chi connectivity index (χ0n) is 12.2. The van der Waals surface area contributed by atoms with Gasteiger partial charge in [0.1, 0.15) is 0 Å². The third-order valence-corrected chi connectivity index (χ3v) is 6.34. The van der Waals surface area contributed by atoms with Crippen LogP contribution in [0.5, 0.6) is 0 Å². The highest BCUT2D eigenvalue weighted by Gasteiger charge is 2.41. The highest BCUT2D eigenvalue weighted by atomic mass is 32.2. The maximum Gasteiger partial charge on any atom is 0.281 e. The summed E-state index contributed by atoms with van der Waals surface area (Å²) in [6.45, 7) is 3.74. The second-order valence-corrected chi connectivity index (χ2v) is 7.73. The van der Waals surface area contributed by atoms with Crippen LogP contribution in [0.15, 0.2) is 4.52 Å². The van der Waals surface area contributed by atoms with Crippen molar-refractivity contribution in [2.75, 3.05) is 26.2 Å². The Morgan fingerprint density at radius 3 is 2.24 bits per heavy atom. The molecule has 9 heteroatoms. The van der Waals surface area contributed by atoms with Gasteiger partial charge in [0, 0.05) is 33.1 Å². The molecule has 2 N–H and O–H groups in total. The first-order valence-electron chi connectivity index (χ1n) is 7.27. The van der Waals surface area contributed by atoms with Gasteiger partial charge in [-0.15, -0.1) is 0 Å². The first kappa shape index (κ1) is 14.9. The topological polar surface area (TPSA) is 106 Å². The van der Waals surface area contributed by atoms with E-state index in [0.717, 1.165) is 12.8 Å². The predicted molar refractivity (Wildman–Crippen MR) is 75.4 cm³/mol. The Morgan fingerprint density at radius 1 is 1.14 bits per heavy atom. The zero-order valence-corrected chi connectivity index (χ0v) is 13.0. The molecular weight excluding hydrogens is 294 g/mol. The minimum absolute atomic E-state index is 0.392. The molecule has 8 nitrogen and oxygen atoms in total. The van der Waals surface area contributed by atoms with Gasteiger partial charge in [-0.05, 0) is 25.7 Å². The van der Waals surface area contributed by atoms with E-state index < -0.39 is 15.7 Å². The largest absolute Gasteiger partial charge is 0.340 e. The van der Waals surface area contributed by atoms with Crippen molar-refractivity contribution in [1.82, 2.24) is 18.8 Å². The first-order chi connectivity index (χ1) is 9.92. The van der Waals surface area contributed by atoms with Crippen LogP contribution in [-0.4, -0.2) is 53.3 Å². The van der Waals surface area contributed by atoms with Gasteiger partial charge in [0.05, 0.1) is 5.54 Å². The van der Waals surface area contributed by atoms with Gasteiger partial charge in [0.25, 0.3) is 10.2 Å². The summed E-state index contributed by atoms with van der Waals surface area (Å²) in [6, 6.07) is 0. The van der Waals surface area contributed by atoms with E-state index in [-0.39, 0.29) is 0 Å². The molecular formula is C12H21N5O3S. The molecule has 0 atom stereocenters. The molecule has 0 aromatic carbocycles. The Bertz CT molecular complexity index is 600. The fraction of sp³-hybridized carbons (Fsp3) is 0.833. The minimum Gasteiger partial charge on any atom is -0.340 e. The van der Waals surface area contributed by atoms with Crippen LogP contribution in [-0.2, 0) is 15.7 Å². The van der Waals surface area contributed by atoms with Gasteiger partial charge >= 0.3 is 0 Å². The van der Waals surface area contributed by atoms with Gasteiger partial charge in [-0.2, -0.15) is 22.0 Å². The van der Waals surface area contributed by atoms with Crippen LogP contribution in [0.25, 0.3) is 0 Å². The lowest BCUT2D eigenvalue weighted by Crippen LogP contribution is -2.53. The lowest BCUT2D eigenvalue weighted by atomic mass is 9.89. The fourth-order valence-corrected chi connectivity index (χ4v) is 4.61. The summed E-state index contributed by atoms with van der Waals surface area (Å²) in [5.41, 5.74) is 5.63. The van der Waals surface area contributed by atoms with Crippen molar-refractivity contribution >= 4 is 10.2 Å². The summed E-state index contributed by atoms with van der Waals surface area (Å²) in [4.78, 5) is 4.19. The second kappa shape index (κ2) is 5.31. The average molecular weight is 315 g/mol. The summed E-state index contributed by atoms with van der Waals surface area (Å²) in [7, 11) is -3.34. The van der Waals surface area contributed by atoms with E-state index in [4.69, 9.17) is 10.3 Å². The molecule has 118 valence electrons. The van der Waals surface area contributed by atoms with Crippen molar-refractivity contribution in [1.29, 1.82) is 0 Å². The third kappa shape index (κ3) is 2.70. The van der Waals surface area contributed by atoms with Gasteiger partial charge in [0.15, 0.2) is 5.82 Å². The van der Waals surface area contributed by atoms with Crippen LogP contribution in [0.4, 0.5) is 0 Å². The number of hydrogen-bond donors (Lipinski definition) is 1. The van der Waals surface area contributed by atoms with E-state index in [9.17, 15) is 8.42 Å². The molecule has 2 fully saturated rings. The van der Waals surface area contributed by atoms with Crippen LogP contribution in [0, 0.1) is 6.92 Å². The molecule has 1 aromatic rings. The second-order valence-electron chi connectivity index (χ2n) is 5.81. The fourth-order valence-electron chi connectivity index (χ4n) is 2.92. The molecule has 0 unspecified atom stereocenters. The number of piperidine rings is 1. The van der Waals surface area contributed by atoms with Crippen LogP contribution < -0.4 is 5.73 Å². The van der Waals surface area contributed by atoms with Crippen LogP contribution in [0.3, 0.4) is 0 Å². The Kier molecular flexibility index (Phi) is 3.76. The number of nitrogens with two attached hydrogens (primary N) is 1. The molecule has 21 heavy (non-hydrogen) atoms. The molecule has 0 bridgehead atoms. The maximum absolute atomic E-state index is 12.5.